The fraction of sp³-hybridized carbons (Fsp3) is 0.500. The first-order chi connectivity index (χ1) is 9.66. The maximum Gasteiger partial charge on any atom is 0.338 e. The average Bonchev–Trinajstić information content (AvgIpc) is 2.73. The van der Waals surface area contributed by atoms with Gasteiger partial charge in [-0.2, -0.15) is 0 Å². The second-order valence-electron chi connectivity index (χ2n) is 4.74. The van der Waals surface area contributed by atoms with Gasteiger partial charge in [0.1, 0.15) is 5.15 Å². The first-order valence-corrected chi connectivity index (χ1v) is 7.11. The van der Waals surface area contributed by atoms with E-state index in [0.29, 0.717) is 5.56 Å². The summed E-state index contributed by atoms with van der Waals surface area (Å²) in [6, 6.07) is 2.92. The van der Waals surface area contributed by atoms with Crippen molar-refractivity contribution in [2.45, 2.75) is 25.7 Å². The van der Waals surface area contributed by atoms with Gasteiger partial charge >= 0.3 is 5.97 Å². The van der Waals surface area contributed by atoms with E-state index >= 15 is 0 Å². The Hall–Kier alpha value is -1.62. The number of carbonyl (C=O) groups excluding carboxylic acids is 2. The molecule has 0 radical (unpaired) electrons. The van der Waals surface area contributed by atoms with Gasteiger partial charge in [-0.3, -0.25) is 4.79 Å². The lowest BCUT2D eigenvalue weighted by atomic mass is 10.2. The number of pyridine rings is 1. The molecule has 1 aromatic heterocycles. The Morgan fingerprint density at radius 3 is 2.60 bits per heavy atom. The molecule has 108 valence electrons. The lowest BCUT2D eigenvalue weighted by Crippen LogP contribution is -2.35. The summed E-state index contributed by atoms with van der Waals surface area (Å²) in [7, 11) is 0. The average molecular weight is 297 g/mol. The van der Waals surface area contributed by atoms with E-state index in [2.05, 4.69) is 4.98 Å². The van der Waals surface area contributed by atoms with Crippen LogP contribution < -0.4 is 0 Å². The molecule has 0 bridgehead atoms. The van der Waals surface area contributed by atoms with E-state index in [-0.39, 0.29) is 17.7 Å². The van der Waals surface area contributed by atoms with Crippen LogP contribution in [-0.4, -0.2) is 41.5 Å². The van der Waals surface area contributed by atoms with Crippen LogP contribution in [0.4, 0.5) is 0 Å². The molecule has 1 amide bonds. The van der Waals surface area contributed by atoms with Gasteiger partial charge in [0.15, 0.2) is 6.61 Å². The van der Waals surface area contributed by atoms with Crippen molar-refractivity contribution in [3.63, 3.8) is 0 Å². The highest BCUT2D eigenvalue weighted by Crippen LogP contribution is 2.11. The smallest absolute Gasteiger partial charge is 0.338 e. The van der Waals surface area contributed by atoms with Crippen LogP contribution in [0.15, 0.2) is 18.3 Å². The lowest BCUT2D eigenvalue weighted by Gasteiger charge is -2.19. The van der Waals surface area contributed by atoms with Crippen LogP contribution >= 0.6 is 11.6 Å². The molecule has 0 unspecified atom stereocenters. The minimum absolute atomic E-state index is 0.139. The van der Waals surface area contributed by atoms with Crippen LogP contribution in [0.25, 0.3) is 0 Å². The van der Waals surface area contributed by atoms with E-state index in [9.17, 15) is 9.59 Å². The quantitative estimate of drug-likeness (QED) is 0.634. The number of hydrogen-bond donors (Lipinski definition) is 0. The summed E-state index contributed by atoms with van der Waals surface area (Å²) in [6.07, 6.45) is 5.76. The molecule has 0 saturated carbocycles. The highest BCUT2D eigenvalue weighted by atomic mass is 35.5. The third kappa shape index (κ3) is 4.20. The molecule has 1 saturated heterocycles. The number of carbonyl (C=O) groups is 2. The summed E-state index contributed by atoms with van der Waals surface area (Å²) in [5, 5.41) is 0.221. The van der Waals surface area contributed by atoms with Crippen molar-refractivity contribution in [3.8, 4) is 0 Å². The molecule has 0 N–H and O–H groups in total. The summed E-state index contributed by atoms with van der Waals surface area (Å²) in [5.74, 6) is -0.696. The molecule has 1 fully saturated rings. The number of ether oxygens (including phenoxy) is 1. The van der Waals surface area contributed by atoms with Gasteiger partial charge < -0.3 is 9.64 Å². The zero-order valence-electron chi connectivity index (χ0n) is 11.2. The number of halogens is 1. The monoisotopic (exact) mass is 296 g/mol. The van der Waals surface area contributed by atoms with Gasteiger partial charge in [0.05, 0.1) is 5.56 Å². The Bertz CT molecular complexity index is 485. The molecule has 0 atom stereocenters. The highest BCUT2D eigenvalue weighted by molar-refractivity contribution is 6.29. The Morgan fingerprint density at radius 2 is 1.95 bits per heavy atom. The zero-order valence-corrected chi connectivity index (χ0v) is 11.9. The first kappa shape index (κ1) is 14.8. The Morgan fingerprint density at radius 1 is 1.25 bits per heavy atom. The maximum atomic E-state index is 12.0. The number of hydrogen-bond acceptors (Lipinski definition) is 4. The molecule has 6 heteroatoms. The molecule has 20 heavy (non-hydrogen) atoms. The second kappa shape index (κ2) is 7.24. The van der Waals surface area contributed by atoms with Crippen molar-refractivity contribution in [2.75, 3.05) is 19.7 Å². The van der Waals surface area contributed by atoms with Crippen LogP contribution in [0.3, 0.4) is 0 Å². The van der Waals surface area contributed by atoms with Crippen molar-refractivity contribution >= 4 is 23.5 Å². The normalized spacial score (nSPS) is 15.6. The van der Waals surface area contributed by atoms with Gasteiger partial charge in [0.2, 0.25) is 0 Å². The SMILES string of the molecule is O=C(OCC(=O)N1CCCCCC1)c1ccnc(Cl)c1. The molecule has 0 spiro atoms. The number of rotatable bonds is 3. The number of esters is 1. The third-order valence-electron chi connectivity index (χ3n) is 3.25. The van der Waals surface area contributed by atoms with Gasteiger partial charge in [-0.1, -0.05) is 24.4 Å². The van der Waals surface area contributed by atoms with Gasteiger partial charge in [0.25, 0.3) is 5.91 Å². The van der Waals surface area contributed by atoms with Crippen LogP contribution in [0.5, 0.6) is 0 Å². The van der Waals surface area contributed by atoms with Gasteiger partial charge in [0, 0.05) is 19.3 Å². The summed E-state index contributed by atoms with van der Waals surface area (Å²) in [6.45, 7) is 1.27. The van der Waals surface area contributed by atoms with Crippen molar-refractivity contribution in [1.29, 1.82) is 0 Å². The zero-order chi connectivity index (χ0) is 14.4. The van der Waals surface area contributed by atoms with Crippen LogP contribution in [0, 0.1) is 0 Å². The Balaban J connectivity index is 1.84. The fourth-order valence-electron chi connectivity index (χ4n) is 2.15. The molecule has 2 rings (SSSR count). The molecule has 2 heterocycles. The minimum Gasteiger partial charge on any atom is -0.452 e. The third-order valence-corrected chi connectivity index (χ3v) is 3.45. The van der Waals surface area contributed by atoms with Gasteiger partial charge in [-0.15, -0.1) is 0 Å². The Labute approximate surface area is 122 Å². The molecule has 0 aromatic carbocycles. The van der Waals surface area contributed by atoms with Crippen molar-refractivity contribution in [1.82, 2.24) is 9.88 Å². The molecular weight excluding hydrogens is 280 g/mol. The largest absolute Gasteiger partial charge is 0.452 e. The van der Waals surface area contributed by atoms with Crippen LogP contribution in [0.1, 0.15) is 36.0 Å². The number of amides is 1. The maximum absolute atomic E-state index is 12.0. The Kier molecular flexibility index (Phi) is 5.35. The first-order valence-electron chi connectivity index (χ1n) is 6.73. The molecule has 1 aliphatic heterocycles. The predicted octanol–water partition coefficient (Wildman–Crippen LogP) is 2.29. The standard InChI is InChI=1S/C14H17ClN2O3/c15-12-9-11(5-6-16-12)14(19)20-10-13(18)17-7-3-1-2-4-8-17/h5-6,9H,1-4,7-8,10H2. The summed E-state index contributed by atoms with van der Waals surface area (Å²) in [5.41, 5.74) is 0.300. The summed E-state index contributed by atoms with van der Waals surface area (Å²) >= 11 is 5.70. The van der Waals surface area contributed by atoms with Crippen molar-refractivity contribution in [2.24, 2.45) is 0 Å². The van der Waals surface area contributed by atoms with E-state index in [4.69, 9.17) is 16.3 Å². The number of aromatic nitrogens is 1. The molecule has 0 aliphatic carbocycles. The molecule has 5 nitrogen and oxygen atoms in total. The van der Waals surface area contributed by atoms with Gasteiger partial charge in [-0.05, 0) is 25.0 Å². The van der Waals surface area contributed by atoms with E-state index in [0.717, 1.165) is 38.8 Å². The number of likely N-dealkylation sites (tertiary alicyclic amines) is 1. The van der Waals surface area contributed by atoms with Crippen LogP contribution in [0.2, 0.25) is 5.15 Å². The van der Waals surface area contributed by atoms with E-state index in [1.807, 2.05) is 0 Å². The lowest BCUT2D eigenvalue weighted by molar-refractivity contribution is -0.134. The second-order valence-corrected chi connectivity index (χ2v) is 5.13. The fourth-order valence-corrected chi connectivity index (χ4v) is 2.33. The molecule has 1 aliphatic rings. The van der Waals surface area contributed by atoms with E-state index in [1.54, 1.807) is 4.90 Å². The van der Waals surface area contributed by atoms with Gasteiger partial charge in [-0.25, -0.2) is 9.78 Å². The van der Waals surface area contributed by atoms with Crippen LogP contribution in [-0.2, 0) is 9.53 Å². The van der Waals surface area contributed by atoms with E-state index in [1.165, 1.54) is 18.3 Å². The van der Waals surface area contributed by atoms with Crippen molar-refractivity contribution < 1.29 is 14.3 Å². The predicted molar refractivity (Wildman–Crippen MR) is 74.6 cm³/mol. The summed E-state index contributed by atoms with van der Waals surface area (Å²) < 4.78 is 5.02. The number of nitrogens with zero attached hydrogens (tertiary/aromatic N) is 2. The summed E-state index contributed by atoms with van der Waals surface area (Å²) in [4.78, 5) is 29.3. The molecular formula is C14H17ClN2O3. The molecule has 1 aromatic rings. The van der Waals surface area contributed by atoms with E-state index < -0.39 is 5.97 Å². The highest BCUT2D eigenvalue weighted by Gasteiger charge is 2.17. The minimum atomic E-state index is -0.558. The topological polar surface area (TPSA) is 59.5 Å². The van der Waals surface area contributed by atoms with Crippen molar-refractivity contribution in [3.05, 3.63) is 29.0 Å².